The molecule has 1 aromatic carbocycles. The highest BCUT2D eigenvalue weighted by Gasteiger charge is 2.29. The van der Waals surface area contributed by atoms with Crippen LogP contribution in [0.15, 0.2) is 23.1 Å². The van der Waals surface area contributed by atoms with Gasteiger partial charge >= 0.3 is 0 Å². The molecule has 3 unspecified atom stereocenters. The molecule has 9 heteroatoms. The van der Waals surface area contributed by atoms with Gasteiger partial charge in [-0.3, -0.25) is 0 Å². The molecule has 2 N–H and O–H groups in total. The Hall–Kier alpha value is -0.570. The van der Waals surface area contributed by atoms with Crippen LogP contribution in [0.2, 0.25) is 5.02 Å². The van der Waals surface area contributed by atoms with Crippen LogP contribution in [-0.4, -0.2) is 47.4 Å². The first kappa shape index (κ1) is 22.5. The van der Waals surface area contributed by atoms with Gasteiger partial charge in [-0.25, -0.2) is 13.1 Å². The fourth-order valence-corrected chi connectivity index (χ4v) is 4.50. The summed E-state index contributed by atoms with van der Waals surface area (Å²) in [7, 11) is -2.17. The monoisotopic (exact) mass is 412 g/mol. The highest BCUT2D eigenvalue weighted by atomic mass is 35.5. The molecule has 2 rings (SSSR count). The van der Waals surface area contributed by atoms with Crippen molar-refractivity contribution in [1.82, 2.24) is 10.0 Å². The van der Waals surface area contributed by atoms with E-state index in [2.05, 4.69) is 10.0 Å². The molecule has 1 aliphatic rings. The summed E-state index contributed by atoms with van der Waals surface area (Å²) in [5, 5.41) is 3.60. The Morgan fingerprint density at radius 3 is 2.80 bits per heavy atom. The normalized spacial score (nSPS) is 22.1. The van der Waals surface area contributed by atoms with Gasteiger partial charge in [0.15, 0.2) is 0 Å². The average Bonchev–Trinajstić information content (AvgIpc) is 2.51. The number of rotatable bonds is 7. The molecule has 6 nitrogen and oxygen atoms in total. The summed E-state index contributed by atoms with van der Waals surface area (Å²) < 4.78 is 39.3. The number of piperidine rings is 1. The third kappa shape index (κ3) is 6.27. The maximum absolute atomic E-state index is 12.9. The van der Waals surface area contributed by atoms with Crippen LogP contribution >= 0.6 is 24.0 Å². The van der Waals surface area contributed by atoms with Gasteiger partial charge in [0.05, 0.1) is 6.61 Å². The smallest absolute Gasteiger partial charge is 0.244 e. The van der Waals surface area contributed by atoms with E-state index in [1.54, 1.807) is 19.2 Å². The predicted octanol–water partition coefficient (Wildman–Crippen LogP) is 2.45. The van der Waals surface area contributed by atoms with Crippen LogP contribution < -0.4 is 14.8 Å². The lowest BCUT2D eigenvalue weighted by Gasteiger charge is -2.30. The number of methoxy groups -OCH3 is 1. The molecule has 0 amide bonds. The first-order valence-electron chi connectivity index (χ1n) is 8.01. The Labute approximate surface area is 161 Å². The van der Waals surface area contributed by atoms with Crippen molar-refractivity contribution in [1.29, 1.82) is 0 Å². The second-order valence-electron chi connectivity index (χ2n) is 6.17. The Kier molecular flexibility index (Phi) is 8.94. The highest BCUT2D eigenvalue weighted by Crippen LogP contribution is 2.29. The van der Waals surface area contributed by atoms with E-state index in [-0.39, 0.29) is 41.1 Å². The Balaban J connectivity index is 0.00000312. The van der Waals surface area contributed by atoms with Gasteiger partial charge in [0, 0.05) is 18.2 Å². The first-order valence-corrected chi connectivity index (χ1v) is 9.88. The van der Waals surface area contributed by atoms with Crippen molar-refractivity contribution >= 4 is 34.0 Å². The fourth-order valence-electron chi connectivity index (χ4n) is 2.73. The minimum Gasteiger partial charge on any atom is -0.487 e. The van der Waals surface area contributed by atoms with E-state index in [9.17, 15) is 8.42 Å². The van der Waals surface area contributed by atoms with Crippen LogP contribution in [0.3, 0.4) is 0 Å². The predicted molar refractivity (Wildman–Crippen MR) is 101 cm³/mol. The third-order valence-corrected chi connectivity index (χ3v) is 5.76. The maximum Gasteiger partial charge on any atom is 0.244 e. The molecule has 25 heavy (non-hydrogen) atoms. The van der Waals surface area contributed by atoms with Gasteiger partial charge in [-0.15, -0.1) is 12.4 Å². The molecule has 1 aliphatic heterocycles. The van der Waals surface area contributed by atoms with Crippen molar-refractivity contribution in [2.75, 3.05) is 26.8 Å². The summed E-state index contributed by atoms with van der Waals surface area (Å²) in [6, 6.07) is 4.50. The molecule has 3 atom stereocenters. The number of hydrogen-bond acceptors (Lipinski definition) is 5. The standard InChI is InChI=1S/C16H25ClN2O4S.ClH/c1-11-9-18-7-6-14(11)19-24(20,21)16-8-13(17)4-5-15(16)23-12(2)10-22-3;/h4-5,8,11-12,14,18-19H,6-7,9-10H2,1-3H3;1H. The molecule has 0 saturated carbocycles. The van der Waals surface area contributed by atoms with Crippen LogP contribution in [0.25, 0.3) is 0 Å². The summed E-state index contributed by atoms with van der Waals surface area (Å²) in [5.74, 6) is 0.488. The number of nitrogens with one attached hydrogen (secondary N) is 2. The minimum absolute atomic E-state index is 0. The molecule has 1 saturated heterocycles. The number of ether oxygens (including phenoxy) is 2. The third-order valence-electron chi connectivity index (χ3n) is 4.02. The molecule has 144 valence electrons. The molecule has 1 heterocycles. The van der Waals surface area contributed by atoms with Gasteiger partial charge in [0.25, 0.3) is 0 Å². The fraction of sp³-hybridized carbons (Fsp3) is 0.625. The minimum atomic E-state index is -3.73. The summed E-state index contributed by atoms with van der Waals surface area (Å²) in [6.07, 6.45) is 0.472. The molecule has 1 fully saturated rings. The number of sulfonamides is 1. The van der Waals surface area contributed by atoms with Crippen molar-refractivity contribution in [3.8, 4) is 5.75 Å². The van der Waals surface area contributed by atoms with E-state index < -0.39 is 10.0 Å². The zero-order chi connectivity index (χ0) is 17.7. The second kappa shape index (κ2) is 9.94. The Bertz CT molecular complexity index is 658. The second-order valence-corrected chi connectivity index (χ2v) is 8.29. The van der Waals surface area contributed by atoms with Crippen molar-refractivity contribution in [3.05, 3.63) is 23.2 Å². The highest BCUT2D eigenvalue weighted by molar-refractivity contribution is 7.89. The van der Waals surface area contributed by atoms with Crippen LogP contribution in [0, 0.1) is 5.92 Å². The van der Waals surface area contributed by atoms with Crippen LogP contribution in [-0.2, 0) is 14.8 Å². The van der Waals surface area contributed by atoms with Crippen LogP contribution in [0.5, 0.6) is 5.75 Å². The molecule has 0 aliphatic carbocycles. The molecular formula is C16H26Cl2N2O4S. The number of halogens is 2. The Morgan fingerprint density at radius 2 is 2.16 bits per heavy atom. The summed E-state index contributed by atoms with van der Waals surface area (Å²) >= 11 is 6.01. The summed E-state index contributed by atoms with van der Waals surface area (Å²) in [6.45, 7) is 5.78. The van der Waals surface area contributed by atoms with E-state index in [1.165, 1.54) is 6.07 Å². The molecule has 0 radical (unpaired) electrons. The zero-order valence-corrected chi connectivity index (χ0v) is 17.0. The Morgan fingerprint density at radius 1 is 1.44 bits per heavy atom. The van der Waals surface area contributed by atoms with E-state index in [4.69, 9.17) is 21.1 Å². The maximum atomic E-state index is 12.9. The van der Waals surface area contributed by atoms with Gasteiger partial charge in [0.1, 0.15) is 16.7 Å². The van der Waals surface area contributed by atoms with Crippen LogP contribution in [0.4, 0.5) is 0 Å². The van der Waals surface area contributed by atoms with Crippen LogP contribution in [0.1, 0.15) is 20.3 Å². The molecule has 0 spiro atoms. The zero-order valence-electron chi connectivity index (χ0n) is 14.6. The van der Waals surface area contributed by atoms with Gasteiger partial charge in [-0.05, 0) is 50.6 Å². The van der Waals surface area contributed by atoms with Crippen molar-refractivity contribution in [2.24, 2.45) is 5.92 Å². The van der Waals surface area contributed by atoms with Crippen molar-refractivity contribution in [2.45, 2.75) is 37.3 Å². The lowest BCUT2D eigenvalue weighted by Crippen LogP contribution is -2.48. The SMILES string of the molecule is COCC(C)Oc1ccc(Cl)cc1S(=O)(=O)NC1CCNCC1C.Cl. The molecule has 0 aromatic heterocycles. The van der Waals surface area contributed by atoms with Gasteiger partial charge in [0.2, 0.25) is 10.0 Å². The lowest BCUT2D eigenvalue weighted by atomic mass is 9.97. The van der Waals surface area contributed by atoms with E-state index >= 15 is 0 Å². The van der Waals surface area contributed by atoms with Gasteiger partial charge in [-0.1, -0.05) is 18.5 Å². The lowest BCUT2D eigenvalue weighted by molar-refractivity contribution is 0.0901. The molecule has 0 bridgehead atoms. The topological polar surface area (TPSA) is 76.7 Å². The number of hydrogen-bond donors (Lipinski definition) is 2. The van der Waals surface area contributed by atoms with Gasteiger partial charge < -0.3 is 14.8 Å². The first-order chi connectivity index (χ1) is 11.3. The molecular weight excluding hydrogens is 387 g/mol. The average molecular weight is 413 g/mol. The van der Waals surface area contributed by atoms with E-state index in [0.717, 1.165) is 19.5 Å². The van der Waals surface area contributed by atoms with E-state index in [0.29, 0.717) is 11.6 Å². The van der Waals surface area contributed by atoms with Crippen molar-refractivity contribution in [3.63, 3.8) is 0 Å². The number of benzene rings is 1. The van der Waals surface area contributed by atoms with Crippen molar-refractivity contribution < 1.29 is 17.9 Å². The quantitative estimate of drug-likeness (QED) is 0.718. The van der Waals surface area contributed by atoms with Gasteiger partial charge in [-0.2, -0.15) is 0 Å². The largest absolute Gasteiger partial charge is 0.487 e. The summed E-state index contributed by atoms with van der Waals surface area (Å²) in [5.41, 5.74) is 0. The molecule has 1 aromatic rings. The van der Waals surface area contributed by atoms with E-state index in [1.807, 2.05) is 13.8 Å². The summed E-state index contributed by atoms with van der Waals surface area (Å²) in [4.78, 5) is 0.0590.